The minimum atomic E-state index is -0.0253. The summed E-state index contributed by atoms with van der Waals surface area (Å²) in [7, 11) is 4.02. The second-order valence-electron chi connectivity index (χ2n) is 10.8. The van der Waals surface area contributed by atoms with Crippen LogP contribution >= 0.6 is 0 Å². The van der Waals surface area contributed by atoms with E-state index in [0.717, 1.165) is 76.8 Å². The van der Waals surface area contributed by atoms with Crippen LogP contribution in [0.1, 0.15) is 36.8 Å². The Hall–Kier alpha value is -2.19. The maximum absolute atomic E-state index is 6.06. The number of nitrogens with zero attached hydrogens (tertiary/aromatic N) is 5. The molecule has 0 N–H and O–H groups in total. The Kier molecular flexibility index (Phi) is 7.82. The summed E-state index contributed by atoms with van der Waals surface area (Å²) < 4.78 is 13.9. The van der Waals surface area contributed by atoms with Crippen LogP contribution in [0.4, 0.5) is 0 Å². The van der Waals surface area contributed by atoms with Crippen molar-refractivity contribution in [2.24, 2.45) is 7.05 Å². The number of aryl methyl sites for hydroxylation is 2. The van der Waals surface area contributed by atoms with E-state index in [1.807, 2.05) is 7.11 Å². The molecule has 2 aromatic heterocycles. The predicted octanol–water partition coefficient (Wildman–Crippen LogP) is 3.33. The summed E-state index contributed by atoms with van der Waals surface area (Å²) in [6.07, 6.45) is 7.93. The number of methoxy groups -OCH3 is 1. The van der Waals surface area contributed by atoms with Crippen molar-refractivity contribution < 1.29 is 9.47 Å². The molecule has 2 unspecified atom stereocenters. The minimum absolute atomic E-state index is 0.0253. The molecule has 3 aliphatic rings. The normalized spacial score (nSPS) is 24.2. The third-order valence-electron chi connectivity index (χ3n) is 8.25. The lowest BCUT2D eigenvalue weighted by Gasteiger charge is -2.40. The Bertz CT molecular complexity index is 1110. The molecule has 0 radical (unpaired) electrons. The average Bonchev–Trinajstić information content (AvgIpc) is 3.22. The molecule has 0 bridgehead atoms. The molecule has 0 spiro atoms. The highest BCUT2D eigenvalue weighted by Crippen LogP contribution is 2.35. The van der Waals surface area contributed by atoms with E-state index in [1.54, 1.807) is 0 Å². The van der Waals surface area contributed by atoms with Crippen LogP contribution in [-0.2, 0) is 22.9 Å². The van der Waals surface area contributed by atoms with E-state index in [1.165, 1.54) is 22.3 Å². The number of ether oxygens (including phenoxy) is 2. The molecule has 7 nitrogen and oxygen atoms in total. The molecule has 1 aliphatic carbocycles. The van der Waals surface area contributed by atoms with Crippen LogP contribution in [-0.4, -0.2) is 103 Å². The zero-order valence-electron chi connectivity index (χ0n) is 22.7. The first-order valence-electron chi connectivity index (χ1n) is 13.6. The molecular weight excluding hydrogens is 450 g/mol. The molecule has 196 valence electrons. The zero-order chi connectivity index (χ0) is 25.2. The Morgan fingerprint density at radius 1 is 1.08 bits per heavy atom. The van der Waals surface area contributed by atoms with E-state index in [9.17, 15) is 0 Å². The molecule has 4 heterocycles. The predicted molar refractivity (Wildman–Crippen MR) is 145 cm³/mol. The summed E-state index contributed by atoms with van der Waals surface area (Å²) in [5.74, 6) is 0.104. The fraction of sp³-hybridized carbons (Fsp3) is 0.621. The Morgan fingerprint density at radius 3 is 2.53 bits per heavy atom. The van der Waals surface area contributed by atoms with Crippen molar-refractivity contribution in [2.45, 2.75) is 45.3 Å². The first-order valence-corrected chi connectivity index (χ1v) is 13.6. The Morgan fingerprint density at radius 2 is 1.83 bits per heavy atom. The molecule has 0 amide bonds. The highest BCUT2D eigenvalue weighted by Gasteiger charge is 2.29. The first kappa shape index (κ1) is 25.5. The van der Waals surface area contributed by atoms with Gasteiger partial charge in [0.1, 0.15) is 0 Å². The van der Waals surface area contributed by atoms with Crippen LogP contribution in [0.25, 0.3) is 10.9 Å². The number of allylic oxidation sites excluding steroid dienone is 1. The van der Waals surface area contributed by atoms with E-state index < -0.39 is 0 Å². The highest BCUT2D eigenvalue weighted by atomic mass is 16.5. The number of hydrogen-bond acceptors (Lipinski definition) is 6. The molecule has 0 aromatic carbocycles. The van der Waals surface area contributed by atoms with Crippen molar-refractivity contribution >= 4 is 10.9 Å². The number of fused-ring (bicyclic) bond motifs is 1. The summed E-state index contributed by atoms with van der Waals surface area (Å²) in [5.41, 5.74) is 6.09. The summed E-state index contributed by atoms with van der Waals surface area (Å²) in [4.78, 5) is 12.6. The van der Waals surface area contributed by atoms with Crippen molar-refractivity contribution in [1.82, 2.24) is 24.3 Å². The van der Waals surface area contributed by atoms with Crippen molar-refractivity contribution in [3.63, 3.8) is 0 Å². The quantitative estimate of drug-likeness (QED) is 0.590. The lowest BCUT2D eigenvalue weighted by Crippen LogP contribution is -2.48. The van der Waals surface area contributed by atoms with Gasteiger partial charge < -0.3 is 18.9 Å². The number of morpholine rings is 1. The molecule has 7 heteroatoms. The van der Waals surface area contributed by atoms with Gasteiger partial charge in [-0.05, 0) is 45.1 Å². The van der Waals surface area contributed by atoms with Crippen molar-refractivity contribution in [3.05, 3.63) is 53.1 Å². The largest absolute Gasteiger partial charge is 0.379 e. The van der Waals surface area contributed by atoms with E-state index in [0.29, 0.717) is 6.04 Å². The molecule has 5 rings (SSSR count). The number of rotatable bonds is 7. The molecule has 2 fully saturated rings. The summed E-state index contributed by atoms with van der Waals surface area (Å²) in [5, 5.41) is 1.25. The number of hydrogen-bond donors (Lipinski definition) is 0. The Labute approximate surface area is 216 Å². The van der Waals surface area contributed by atoms with E-state index in [4.69, 9.17) is 14.5 Å². The fourth-order valence-corrected chi connectivity index (χ4v) is 5.93. The van der Waals surface area contributed by atoms with Crippen LogP contribution in [0, 0.1) is 6.92 Å². The number of pyridine rings is 1. The van der Waals surface area contributed by atoms with Gasteiger partial charge >= 0.3 is 0 Å². The van der Waals surface area contributed by atoms with Gasteiger partial charge in [0, 0.05) is 94.9 Å². The van der Waals surface area contributed by atoms with Crippen LogP contribution in [0.5, 0.6) is 0 Å². The van der Waals surface area contributed by atoms with E-state index >= 15 is 0 Å². The first-order chi connectivity index (χ1) is 17.4. The maximum atomic E-state index is 6.06. The van der Waals surface area contributed by atoms with Crippen LogP contribution in [0.15, 0.2) is 36.1 Å². The fourth-order valence-electron chi connectivity index (χ4n) is 5.93. The molecule has 36 heavy (non-hydrogen) atoms. The van der Waals surface area contributed by atoms with Crippen molar-refractivity contribution in [1.29, 1.82) is 0 Å². The summed E-state index contributed by atoms with van der Waals surface area (Å²) in [6.45, 7) is 15.8. The maximum Gasteiger partial charge on any atom is 0.0893 e. The smallest absolute Gasteiger partial charge is 0.0893 e. The second-order valence-corrected chi connectivity index (χ2v) is 10.8. The van der Waals surface area contributed by atoms with Gasteiger partial charge in [0.15, 0.2) is 0 Å². The summed E-state index contributed by atoms with van der Waals surface area (Å²) in [6, 6.07) is 5.20. The molecule has 2 aliphatic heterocycles. The van der Waals surface area contributed by atoms with Gasteiger partial charge in [-0.2, -0.15) is 0 Å². The third-order valence-corrected chi connectivity index (χ3v) is 8.25. The third kappa shape index (κ3) is 5.25. The van der Waals surface area contributed by atoms with Crippen molar-refractivity contribution in [2.75, 3.05) is 66.1 Å². The van der Waals surface area contributed by atoms with Crippen molar-refractivity contribution in [3.8, 4) is 0 Å². The molecule has 2 atom stereocenters. The molecule has 2 aromatic rings. The molecule has 2 saturated heterocycles. The lowest BCUT2D eigenvalue weighted by atomic mass is 9.90. The zero-order valence-corrected chi connectivity index (χ0v) is 22.7. The minimum Gasteiger partial charge on any atom is -0.379 e. The average molecular weight is 494 g/mol. The van der Waals surface area contributed by atoms with Crippen LogP contribution in [0.3, 0.4) is 0 Å². The standard InChI is InChI=1S/C29H43N5O2/c1-21(2)33-10-12-34(13-11-33)24-6-7-25(28(20-24)35-5)29-26-19-23(8-9-32-14-16-36-17-15-32)31(4)27(26)18-22(3)30-29/h6-7,18-21,25,28H,8-17H2,1-5H3. The SMILES string of the molecule is COC1C=C(N2CCN(C(C)C)CC2)C=CC1c1nc(C)cc2c1cc(CCN1CCOCC1)n2C. The molecule has 0 saturated carbocycles. The Balaban J connectivity index is 1.37. The van der Waals surface area contributed by atoms with Gasteiger partial charge in [-0.3, -0.25) is 14.8 Å². The monoisotopic (exact) mass is 493 g/mol. The highest BCUT2D eigenvalue weighted by molar-refractivity contribution is 5.85. The lowest BCUT2D eigenvalue weighted by molar-refractivity contribution is 0.0383. The van der Waals surface area contributed by atoms with Crippen LogP contribution < -0.4 is 0 Å². The van der Waals surface area contributed by atoms with Gasteiger partial charge in [-0.15, -0.1) is 0 Å². The van der Waals surface area contributed by atoms with Gasteiger partial charge in [0.25, 0.3) is 0 Å². The van der Waals surface area contributed by atoms with Gasteiger partial charge in [0.2, 0.25) is 0 Å². The van der Waals surface area contributed by atoms with Gasteiger partial charge in [-0.25, -0.2) is 0 Å². The number of piperazine rings is 1. The number of aromatic nitrogens is 2. The topological polar surface area (TPSA) is 46.0 Å². The van der Waals surface area contributed by atoms with E-state index in [-0.39, 0.29) is 12.0 Å². The molecular formula is C29H43N5O2. The second kappa shape index (κ2) is 11.1. The van der Waals surface area contributed by atoms with Crippen LogP contribution in [0.2, 0.25) is 0 Å². The van der Waals surface area contributed by atoms with Gasteiger partial charge in [0.05, 0.1) is 36.4 Å². The van der Waals surface area contributed by atoms with E-state index in [2.05, 4.69) is 77.4 Å². The summed E-state index contributed by atoms with van der Waals surface area (Å²) >= 11 is 0. The van der Waals surface area contributed by atoms with Gasteiger partial charge in [-0.1, -0.05) is 6.08 Å².